The lowest BCUT2D eigenvalue weighted by molar-refractivity contribution is -0.145. The largest absolute Gasteiger partial charge is 0.494 e. The van der Waals surface area contributed by atoms with Crippen LogP contribution in [0.1, 0.15) is 122 Å². The Morgan fingerprint density at radius 3 is 1.57 bits per heavy atom. The van der Waals surface area contributed by atoms with Crippen LogP contribution in [0.4, 0.5) is 0 Å². The number of unbranched alkanes of at least 4 members (excludes halogenated alkanes) is 11. The molecule has 47 heavy (non-hydrogen) atoms. The number of carbonyl (C=O) groups is 3. The molecule has 3 rings (SSSR count). The van der Waals surface area contributed by atoms with Gasteiger partial charge in [-0.1, -0.05) is 89.8 Å². The number of aryl methyl sites for hydroxylation is 1. The third kappa shape index (κ3) is 15.7. The SMILES string of the molecule is C=CC(=O)OCCCCCCCCCCCOc1ccc(OC(=O)C2CCC(C(=O)Oc3ccc(CCCCCC)cc3)CC2)cc1. The molecule has 2 aromatic rings. The normalized spacial score (nSPS) is 15.9. The summed E-state index contributed by atoms with van der Waals surface area (Å²) < 4.78 is 22.2. The predicted octanol–water partition coefficient (Wildman–Crippen LogP) is 9.75. The average Bonchev–Trinajstić information content (AvgIpc) is 3.10. The molecule has 1 fully saturated rings. The fraction of sp³-hybridized carbons (Fsp3) is 0.575. The van der Waals surface area contributed by atoms with Crippen molar-refractivity contribution in [2.24, 2.45) is 11.8 Å². The van der Waals surface area contributed by atoms with Crippen LogP contribution in [0.2, 0.25) is 0 Å². The van der Waals surface area contributed by atoms with Gasteiger partial charge in [0.15, 0.2) is 0 Å². The molecule has 0 heterocycles. The van der Waals surface area contributed by atoms with Crippen LogP contribution in [-0.2, 0) is 25.5 Å². The lowest BCUT2D eigenvalue weighted by atomic mass is 9.82. The minimum Gasteiger partial charge on any atom is -0.494 e. The van der Waals surface area contributed by atoms with Gasteiger partial charge in [0.1, 0.15) is 17.2 Å². The average molecular weight is 649 g/mol. The summed E-state index contributed by atoms with van der Waals surface area (Å²) in [7, 11) is 0. The molecule has 7 heteroatoms. The molecule has 0 amide bonds. The Bertz CT molecular complexity index is 1180. The van der Waals surface area contributed by atoms with Gasteiger partial charge in [0.2, 0.25) is 0 Å². The minimum atomic E-state index is -0.344. The maximum absolute atomic E-state index is 12.8. The highest BCUT2D eigenvalue weighted by atomic mass is 16.5. The number of rotatable bonds is 23. The standard InChI is InChI=1S/C40H56O7/c1-3-5-6-14-17-32-18-24-36(25-19-32)46-39(42)33-20-22-34(23-21-33)40(43)47-37-28-26-35(27-29-37)44-30-15-12-10-8-7-9-11-13-16-31-45-38(41)4-2/h4,18-19,24-29,33-34H,2-3,5-17,20-23,30-31H2,1H3. The molecule has 0 aliphatic heterocycles. The zero-order valence-electron chi connectivity index (χ0n) is 28.6. The van der Waals surface area contributed by atoms with Crippen molar-refractivity contribution in [3.63, 3.8) is 0 Å². The first-order valence-electron chi connectivity index (χ1n) is 18.0. The van der Waals surface area contributed by atoms with Crippen molar-refractivity contribution in [3.8, 4) is 17.2 Å². The molecule has 0 atom stereocenters. The molecule has 0 unspecified atom stereocenters. The molecule has 0 spiro atoms. The Balaban J connectivity index is 1.21. The van der Waals surface area contributed by atoms with Crippen molar-refractivity contribution in [2.45, 2.75) is 122 Å². The number of carbonyl (C=O) groups excluding carboxylic acids is 3. The molecule has 0 aromatic heterocycles. The molecule has 0 radical (unpaired) electrons. The molecule has 258 valence electrons. The van der Waals surface area contributed by atoms with E-state index in [-0.39, 0.29) is 29.7 Å². The Labute approximate surface area is 282 Å². The Hall–Kier alpha value is -3.61. The highest BCUT2D eigenvalue weighted by molar-refractivity contribution is 5.81. The van der Waals surface area contributed by atoms with Crippen LogP contribution in [-0.4, -0.2) is 31.1 Å². The molecule has 1 aliphatic rings. The van der Waals surface area contributed by atoms with Gasteiger partial charge < -0.3 is 18.9 Å². The molecule has 0 bridgehead atoms. The first-order valence-corrected chi connectivity index (χ1v) is 18.0. The van der Waals surface area contributed by atoms with Crippen LogP contribution in [0.5, 0.6) is 17.2 Å². The smallest absolute Gasteiger partial charge is 0.330 e. The van der Waals surface area contributed by atoms with Gasteiger partial charge in [-0.25, -0.2) is 4.79 Å². The maximum atomic E-state index is 12.8. The van der Waals surface area contributed by atoms with Crippen LogP contribution in [0.25, 0.3) is 0 Å². The van der Waals surface area contributed by atoms with Crippen molar-refractivity contribution in [3.05, 3.63) is 66.7 Å². The monoisotopic (exact) mass is 648 g/mol. The fourth-order valence-corrected chi connectivity index (χ4v) is 5.91. The maximum Gasteiger partial charge on any atom is 0.330 e. The number of hydrogen-bond acceptors (Lipinski definition) is 7. The van der Waals surface area contributed by atoms with E-state index in [9.17, 15) is 14.4 Å². The lowest BCUT2D eigenvalue weighted by Crippen LogP contribution is -2.30. The van der Waals surface area contributed by atoms with Gasteiger partial charge in [-0.15, -0.1) is 0 Å². The molecule has 1 saturated carbocycles. The van der Waals surface area contributed by atoms with E-state index in [1.165, 1.54) is 69.4 Å². The summed E-state index contributed by atoms with van der Waals surface area (Å²) in [6, 6.07) is 15.1. The zero-order chi connectivity index (χ0) is 33.5. The van der Waals surface area contributed by atoms with Crippen LogP contribution >= 0.6 is 0 Å². The summed E-state index contributed by atoms with van der Waals surface area (Å²) in [6.07, 6.45) is 19.9. The third-order valence-corrected chi connectivity index (χ3v) is 8.87. The third-order valence-electron chi connectivity index (χ3n) is 8.87. The number of hydrogen-bond donors (Lipinski definition) is 0. The highest BCUT2D eigenvalue weighted by Crippen LogP contribution is 2.32. The van der Waals surface area contributed by atoms with Crippen LogP contribution in [0.15, 0.2) is 61.2 Å². The Morgan fingerprint density at radius 1 is 0.617 bits per heavy atom. The van der Waals surface area contributed by atoms with Crippen molar-refractivity contribution in [1.82, 2.24) is 0 Å². The second-order valence-electron chi connectivity index (χ2n) is 12.7. The van der Waals surface area contributed by atoms with E-state index in [0.717, 1.165) is 37.9 Å². The van der Waals surface area contributed by atoms with Gasteiger partial charge in [0.05, 0.1) is 25.0 Å². The summed E-state index contributed by atoms with van der Waals surface area (Å²) in [6.45, 7) is 6.75. The Kier molecular flexibility index (Phi) is 18.4. The topological polar surface area (TPSA) is 88.1 Å². The first kappa shape index (κ1) is 37.8. The highest BCUT2D eigenvalue weighted by Gasteiger charge is 2.32. The van der Waals surface area contributed by atoms with Crippen LogP contribution < -0.4 is 14.2 Å². The summed E-state index contributed by atoms with van der Waals surface area (Å²) in [5, 5.41) is 0. The van der Waals surface area contributed by atoms with Gasteiger partial charge in [-0.3, -0.25) is 9.59 Å². The van der Waals surface area contributed by atoms with Gasteiger partial charge >= 0.3 is 17.9 Å². The van der Waals surface area contributed by atoms with Gasteiger partial charge in [-0.2, -0.15) is 0 Å². The number of ether oxygens (including phenoxy) is 4. The summed E-state index contributed by atoms with van der Waals surface area (Å²) in [4.78, 5) is 36.5. The minimum absolute atomic E-state index is 0.192. The van der Waals surface area contributed by atoms with E-state index in [1.54, 1.807) is 12.1 Å². The zero-order valence-corrected chi connectivity index (χ0v) is 28.6. The summed E-state index contributed by atoms with van der Waals surface area (Å²) >= 11 is 0. The fourth-order valence-electron chi connectivity index (χ4n) is 5.91. The molecular weight excluding hydrogens is 592 g/mol. The summed E-state index contributed by atoms with van der Waals surface area (Å²) in [5.41, 5.74) is 1.27. The predicted molar refractivity (Wildman–Crippen MR) is 186 cm³/mol. The van der Waals surface area contributed by atoms with Gasteiger partial charge in [0, 0.05) is 6.08 Å². The number of benzene rings is 2. The second-order valence-corrected chi connectivity index (χ2v) is 12.7. The number of esters is 3. The van der Waals surface area contributed by atoms with E-state index in [0.29, 0.717) is 50.4 Å². The molecular formula is C40H56O7. The van der Waals surface area contributed by atoms with Crippen molar-refractivity contribution in [1.29, 1.82) is 0 Å². The lowest BCUT2D eigenvalue weighted by Gasteiger charge is -2.25. The van der Waals surface area contributed by atoms with Gasteiger partial charge in [0.25, 0.3) is 0 Å². The van der Waals surface area contributed by atoms with E-state index in [2.05, 4.69) is 13.5 Å². The Morgan fingerprint density at radius 2 is 1.06 bits per heavy atom. The van der Waals surface area contributed by atoms with E-state index in [1.807, 2.05) is 36.4 Å². The van der Waals surface area contributed by atoms with E-state index >= 15 is 0 Å². The second kappa shape index (κ2) is 22.8. The molecule has 0 N–H and O–H groups in total. The van der Waals surface area contributed by atoms with E-state index < -0.39 is 0 Å². The van der Waals surface area contributed by atoms with Crippen LogP contribution in [0, 0.1) is 11.8 Å². The molecule has 1 aliphatic carbocycles. The quantitative estimate of drug-likeness (QED) is 0.0513. The van der Waals surface area contributed by atoms with E-state index in [4.69, 9.17) is 18.9 Å². The molecule has 0 saturated heterocycles. The molecule has 2 aromatic carbocycles. The van der Waals surface area contributed by atoms with Crippen molar-refractivity contribution in [2.75, 3.05) is 13.2 Å². The van der Waals surface area contributed by atoms with Crippen molar-refractivity contribution < 1.29 is 33.3 Å². The first-order chi connectivity index (χ1) is 23.0. The molecule has 7 nitrogen and oxygen atoms in total. The van der Waals surface area contributed by atoms with Crippen molar-refractivity contribution >= 4 is 17.9 Å². The summed E-state index contributed by atoms with van der Waals surface area (Å²) in [5.74, 6) is 0.663. The van der Waals surface area contributed by atoms with Crippen LogP contribution in [0.3, 0.4) is 0 Å². The van der Waals surface area contributed by atoms with Gasteiger partial charge in [-0.05, 0) is 93.3 Å².